The monoisotopic (exact) mass is 350 g/mol. The molecule has 1 saturated heterocycles. The van der Waals surface area contributed by atoms with Gasteiger partial charge in [-0.3, -0.25) is 9.89 Å². The Morgan fingerprint density at radius 2 is 1.88 bits per heavy atom. The predicted molar refractivity (Wildman–Crippen MR) is 101 cm³/mol. The molecule has 0 aliphatic carbocycles. The van der Waals surface area contributed by atoms with Crippen molar-refractivity contribution in [3.63, 3.8) is 0 Å². The van der Waals surface area contributed by atoms with E-state index >= 15 is 0 Å². The van der Waals surface area contributed by atoms with Crippen LogP contribution < -0.4 is 5.32 Å². The Kier molecular flexibility index (Phi) is 4.79. The molecule has 134 valence electrons. The molecule has 1 N–H and O–H groups in total. The molecule has 2 aliphatic rings. The number of nitrogens with zero attached hydrogens (tertiary/aromatic N) is 5. The van der Waals surface area contributed by atoms with E-state index in [1.54, 1.807) is 18.7 Å². The minimum Gasteiger partial charge on any atom is -0.349 e. The summed E-state index contributed by atoms with van der Waals surface area (Å²) in [5.41, 5.74) is 3.20. The van der Waals surface area contributed by atoms with Crippen molar-refractivity contribution in [3.05, 3.63) is 54.5 Å². The number of hydrogen-bond donors (Lipinski definition) is 1. The van der Waals surface area contributed by atoms with Gasteiger partial charge in [0.05, 0.1) is 19.1 Å². The molecule has 1 amide bonds. The highest BCUT2D eigenvalue weighted by atomic mass is 16.2. The summed E-state index contributed by atoms with van der Waals surface area (Å²) in [4.78, 5) is 21.0. The molecule has 3 heterocycles. The number of hydrogen-bond acceptors (Lipinski definition) is 5. The largest absolute Gasteiger partial charge is 0.349 e. The normalized spacial score (nSPS) is 17.7. The Hall–Kier alpha value is -2.93. The fourth-order valence-electron chi connectivity index (χ4n) is 3.20. The molecule has 0 bridgehead atoms. The first kappa shape index (κ1) is 16.5. The van der Waals surface area contributed by atoms with Gasteiger partial charge in [0.15, 0.2) is 0 Å². The SMILES string of the molecule is O=C(N1CCN(CC2=CCN=CN2)CC1)n1cc(-c2ccccc2)cn1. The Balaban J connectivity index is 1.34. The highest BCUT2D eigenvalue weighted by Gasteiger charge is 2.23. The Morgan fingerprint density at radius 1 is 1.08 bits per heavy atom. The minimum absolute atomic E-state index is 0.0611. The molecular weight excluding hydrogens is 328 g/mol. The molecule has 0 atom stereocenters. The molecule has 7 nitrogen and oxygen atoms in total. The fraction of sp³-hybridized carbons (Fsp3) is 0.316. The summed E-state index contributed by atoms with van der Waals surface area (Å²) in [6.45, 7) is 4.74. The highest BCUT2D eigenvalue weighted by Crippen LogP contribution is 2.18. The quantitative estimate of drug-likeness (QED) is 0.914. The van der Waals surface area contributed by atoms with Gasteiger partial charge in [0.1, 0.15) is 0 Å². The minimum atomic E-state index is -0.0611. The molecule has 26 heavy (non-hydrogen) atoms. The van der Waals surface area contributed by atoms with Gasteiger partial charge in [-0.25, -0.2) is 4.79 Å². The first-order valence-corrected chi connectivity index (χ1v) is 8.85. The van der Waals surface area contributed by atoms with Gasteiger partial charge in [-0.1, -0.05) is 30.3 Å². The maximum absolute atomic E-state index is 12.7. The third-order valence-electron chi connectivity index (χ3n) is 4.71. The molecule has 0 saturated carbocycles. The van der Waals surface area contributed by atoms with Crippen molar-refractivity contribution >= 4 is 12.4 Å². The molecule has 7 heteroatoms. The second-order valence-electron chi connectivity index (χ2n) is 6.45. The predicted octanol–water partition coefficient (Wildman–Crippen LogP) is 1.65. The lowest BCUT2D eigenvalue weighted by Gasteiger charge is -2.34. The molecule has 0 spiro atoms. The van der Waals surface area contributed by atoms with Crippen LogP contribution in [0.25, 0.3) is 11.1 Å². The third-order valence-corrected chi connectivity index (χ3v) is 4.71. The summed E-state index contributed by atoms with van der Waals surface area (Å²) in [5, 5.41) is 7.44. The topological polar surface area (TPSA) is 65.8 Å². The van der Waals surface area contributed by atoms with E-state index in [1.807, 2.05) is 35.2 Å². The number of rotatable bonds is 3. The van der Waals surface area contributed by atoms with Gasteiger partial charge < -0.3 is 10.2 Å². The molecule has 2 aromatic rings. The molecule has 1 aromatic carbocycles. The first-order valence-electron chi connectivity index (χ1n) is 8.85. The lowest BCUT2D eigenvalue weighted by Crippen LogP contribution is -2.50. The average Bonchev–Trinajstić information content (AvgIpc) is 3.20. The molecule has 0 unspecified atom stereocenters. The number of piperazine rings is 1. The number of amides is 1. The van der Waals surface area contributed by atoms with Crippen molar-refractivity contribution in [2.45, 2.75) is 0 Å². The number of nitrogens with one attached hydrogen (secondary N) is 1. The van der Waals surface area contributed by atoms with Crippen molar-refractivity contribution in [1.82, 2.24) is 24.9 Å². The Bertz CT molecular complexity index is 818. The molecule has 0 radical (unpaired) electrons. The molecule has 2 aliphatic heterocycles. The smallest absolute Gasteiger partial charge is 0.344 e. The van der Waals surface area contributed by atoms with Crippen molar-refractivity contribution in [1.29, 1.82) is 0 Å². The van der Waals surface area contributed by atoms with Crippen molar-refractivity contribution in [3.8, 4) is 11.1 Å². The van der Waals surface area contributed by atoms with Gasteiger partial charge in [-0.05, 0) is 11.6 Å². The summed E-state index contributed by atoms with van der Waals surface area (Å²) in [7, 11) is 0. The van der Waals surface area contributed by atoms with Gasteiger partial charge in [0.2, 0.25) is 0 Å². The second-order valence-corrected chi connectivity index (χ2v) is 6.45. The van der Waals surface area contributed by atoms with E-state index in [0.29, 0.717) is 13.1 Å². The van der Waals surface area contributed by atoms with Crippen LogP contribution in [0.4, 0.5) is 4.79 Å². The summed E-state index contributed by atoms with van der Waals surface area (Å²) in [6, 6.07) is 9.91. The van der Waals surface area contributed by atoms with Crippen LogP contribution in [0.15, 0.2) is 59.5 Å². The lowest BCUT2D eigenvalue weighted by atomic mass is 10.1. The maximum Gasteiger partial charge on any atom is 0.344 e. The van der Waals surface area contributed by atoms with Crippen molar-refractivity contribution < 1.29 is 4.79 Å². The zero-order valence-electron chi connectivity index (χ0n) is 14.6. The zero-order chi connectivity index (χ0) is 17.8. The van der Waals surface area contributed by atoms with Crippen LogP contribution in [0, 0.1) is 0 Å². The number of aliphatic imine (C=N–C) groups is 1. The lowest BCUT2D eigenvalue weighted by molar-refractivity contribution is 0.143. The van der Waals surface area contributed by atoms with E-state index in [-0.39, 0.29) is 6.03 Å². The van der Waals surface area contributed by atoms with Crippen LogP contribution in [0.2, 0.25) is 0 Å². The van der Waals surface area contributed by atoms with Crippen LogP contribution in [0.3, 0.4) is 0 Å². The Morgan fingerprint density at radius 3 is 2.62 bits per heavy atom. The fourth-order valence-corrected chi connectivity index (χ4v) is 3.20. The maximum atomic E-state index is 12.7. The van der Waals surface area contributed by atoms with Crippen molar-refractivity contribution in [2.24, 2.45) is 4.99 Å². The third kappa shape index (κ3) is 3.67. The van der Waals surface area contributed by atoms with E-state index < -0.39 is 0 Å². The van der Waals surface area contributed by atoms with Crippen molar-refractivity contribution in [2.75, 3.05) is 39.3 Å². The van der Waals surface area contributed by atoms with E-state index in [0.717, 1.165) is 37.3 Å². The number of carbonyl (C=O) groups is 1. The van der Waals surface area contributed by atoms with E-state index in [4.69, 9.17) is 0 Å². The van der Waals surface area contributed by atoms with Crippen LogP contribution >= 0.6 is 0 Å². The molecule has 4 rings (SSSR count). The van der Waals surface area contributed by atoms with E-state index in [2.05, 4.69) is 26.4 Å². The van der Waals surface area contributed by atoms with Gasteiger partial charge in [0, 0.05) is 50.2 Å². The first-order chi connectivity index (χ1) is 12.8. The summed E-state index contributed by atoms with van der Waals surface area (Å²) < 4.78 is 1.44. The van der Waals surface area contributed by atoms with E-state index in [1.165, 1.54) is 10.4 Å². The standard InChI is InChI=1S/C19H22N6O/c26-19(25-13-17(12-22-25)16-4-2-1-3-5-16)24-10-8-23(9-11-24)14-18-6-7-20-15-21-18/h1-6,12-13,15H,7-11,14H2,(H,20,21). The zero-order valence-corrected chi connectivity index (χ0v) is 14.6. The number of benzene rings is 1. The van der Waals surface area contributed by atoms with Crippen LogP contribution in [0.1, 0.15) is 0 Å². The summed E-state index contributed by atoms with van der Waals surface area (Å²) in [5.74, 6) is 0. The summed E-state index contributed by atoms with van der Waals surface area (Å²) >= 11 is 0. The number of carbonyl (C=O) groups excluding carboxylic acids is 1. The van der Waals surface area contributed by atoms with Crippen LogP contribution in [-0.2, 0) is 0 Å². The van der Waals surface area contributed by atoms with E-state index in [9.17, 15) is 4.79 Å². The number of aromatic nitrogens is 2. The van der Waals surface area contributed by atoms with Gasteiger partial charge in [0.25, 0.3) is 0 Å². The van der Waals surface area contributed by atoms with Gasteiger partial charge >= 0.3 is 6.03 Å². The Labute approximate surface area is 152 Å². The molecule has 1 fully saturated rings. The summed E-state index contributed by atoms with van der Waals surface area (Å²) in [6.07, 6.45) is 7.40. The molecular formula is C19H22N6O. The van der Waals surface area contributed by atoms with Gasteiger partial charge in [-0.15, -0.1) is 0 Å². The van der Waals surface area contributed by atoms with Crippen LogP contribution in [0.5, 0.6) is 0 Å². The van der Waals surface area contributed by atoms with Crippen LogP contribution in [-0.4, -0.2) is 71.2 Å². The van der Waals surface area contributed by atoms with Gasteiger partial charge in [-0.2, -0.15) is 9.78 Å². The average molecular weight is 350 g/mol. The highest BCUT2D eigenvalue weighted by molar-refractivity contribution is 5.77. The molecule has 1 aromatic heterocycles. The second kappa shape index (κ2) is 7.53.